The van der Waals surface area contributed by atoms with Gasteiger partial charge in [0.1, 0.15) is 0 Å². The molecule has 0 aromatic carbocycles. The summed E-state index contributed by atoms with van der Waals surface area (Å²) >= 11 is 6.72. The highest BCUT2D eigenvalue weighted by Gasteiger charge is 2.22. The third kappa shape index (κ3) is 1.81. The molecule has 0 saturated carbocycles. The number of carbonyl (C=O) groups is 1. The van der Waals surface area contributed by atoms with Crippen LogP contribution in [-0.2, 0) is 0 Å². The van der Waals surface area contributed by atoms with Crippen LogP contribution in [0.5, 0.6) is 0 Å². The van der Waals surface area contributed by atoms with Gasteiger partial charge in [0, 0.05) is 13.1 Å². The van der Waals surface area contributed by atoms with Gasteiger partial charge in [0.2, 0.25) is 9.47 Å². The summed E-state index contributed by atoms with van der Waals surface area (Å²) < 4.78 is 0.322. The molecule has 1 saturated heterocycles. The van der Waals surface area contributed by atoms with Crippen molar-refractivity contribution < 1.29 is 4.79 Å². The normalized spacial score (nSPS) is 16.5. The average Bonchev–Trinajstić information content (AvgIpc) is 2.72. The summed E-state index contributed by atoms with van der Waals surface area (Å²) in [6, 6.07) is 0. The monoisotopic (exact) mass is 217 g/mol. The number of nitrogens with zero attached hydrogens (tertiary/aromatic N) is 3. The van der Waals surface area contributed by atoms with Gasteiger partial charge in [0.15, 0.2) is 0 Å². The van der Waals surface area contributed by atoms with Gasteiger partial charge in [-0.3, -0.25) is 4.79 Å². The molecule has 0 atom stereocenters. The molecular weight excluding hydrogens is 210 g/mol. The van der Waals surface area contributed by atoms with E-state index in [2.05, 4.69) is 10.2 Å². The van der Waals surface area contributed by atoms with E-state index in [1.54, 1.807) is 4.90 Å². The molecule has 0 radical (unpaired) electrons. The van der Waals surface area contributed by atoms with Crippen molar-refractivity contribution in [3.63, 3.8) is 0 Å². The molecule has 2 rings (SSSR count). The van der Waals surface area contributed by atoms with Crippen molar-refractivity contribution >= 4 is 28.8 Å². The highest BCUT2D eigenvalue weighted by molar-refractivity contribution is 7.17. The summed E-state index contributed by atoms with van der Waals surface area (Å²) in [4.78, 5) is 13.4. The minimum Gasteiger partial charge on any atom is -0.337 e. The van der Waals surface area contributed by atoms with E-state index >= 15 is 0 Å². The topological polar surface area (TPSA) is 46.1 Å². The van der Waals surface area contributed by atoms with Crippen LogP contribution >= 0.6 is 22.9 Å². The Labute approximate surface area is 84.5 Å². The van der Waals surface area contributed by atoms with Gasteiger partial charge < -0.3 is 4.90 Å². The maximum atomic E-state index is 11.6. The third-order valence-corrected chi connectivity index (χ3v) is 2.98. The molecule has 0 N–H and O–H groups in total. The lowest BCUT2D eigenvalue weighted by atomic mass is 10.4. The van der Waals surface area contributed by atoms with Crippen LogP contribution in [0.1, 0.15) is 22.6 Å². The molecule has 0 aliphatic carbocycles. The van der Waals surface area contributed by atoms with Gasteiger partial charge in [0.05, 0.1) is 0 Å². The summed E-state index contributed by atoms with van der Waals surface area (Å²) in [5.74, 6) is -0.0399. The number of carbonyl (C=O) groups excluding carboxylic acids is 1. The van der Waals surface area contributed by atoms with Crippen LogP contribution in [0, 0.1) is 0 Å². The predicted octanol–water partition coefficient (Wildman–Crippen LogP) is 1.43. The first-order chi connectivity index (χ1) is 6.27. The number of hydrogen-bond acceptors (Lipinski definition) is 4. The molecule has 13 heavy (non-hydrogen) atoms. The van der Waals surface area contributed by atoms with Crippen molar-refractivity contribution in [2.75, 3.05) is 13.1 Å². The molecule has 1 aromatic heterocycles. The fraction of sp³-hybridized carbons (Fsp3) is 0.571. The number of halogens is 1. The van der Waals surface area contributed by atoms with Crippen molar-refractivity contribution in [2.45, 2.75) is 12.8 Å². The fourth-order valence-electron chi connectivity index (χ4n) is 1.35. The molecule has 1 aliphatic rings. The highest BCUT2D eigenvalue weighted by Crippen LogP contribution is 2.18. The number of amides is 1. The van der Waals surface area contributed by atoms with Gasteiger partial charge >= 0.3 is 0 Å². The maximum absolute atomic E-state index is 11.6. The SMILES string of the molecule is O=C(c1nnc(Cl)s1)N1CCCC1. The fourth-order valence-corrected chi connectivity index (χ4v) is 2.14. The van der Waals surface area contributed by atoms with E-state index in [1.807, 2.05) is 0 Å². The van der Waals surface area contributed by atoms with Gasteiger partial charge in [-0.25, -0.2) is 0 Å². The van der Waals surface area contributed by atoms with Crippen LogP contribution in [0.2, 0.25) is 4.47 Å². The second kappa shape index (κ2) is 3.59. The van der Waals surface area contributed by atoms with Gasteiger partial charge in [-0.15, -0.1) is 10.2 Å². The minimum atomic E-state index is -0.0399. The van der Waals surface area contributed by atoms with E-state index in [0.717, 1.165) is 37.3 Å². The average molecular weight is 218 g/mol. The Balaban J connectivity index is 2.12. The number of aromatic nitrogens is 2. The Bertz CT molecular complexity index is 321. The number of rotatable bonds is 1. The van der Waals surface area contributed by atoms with Crippen LogP contribution in [0.3, 0.4) is 0 Å². The van der Waals surface area contributed by atoms with Gasteiger partial charge in [-0.05, 0) is 24.4 Å². The molecule has 70 valence electrons. The molecule has 2 heterocycles. The summed E-state index contributed by atoms with van der Waals surface area (Å²) in [5, 5.41) is 7.70. The van der Waals surface area contributed by atoms with E-state index in [9.17, 15) is 4.79 Å². The lowest BCUT2D eigenvalue weighted by Gasteiger charge is -2.11. The third-order valence-electron chi connectivity index (χ3n) is 1.98. The molecular formula is C7H8ClN3OS. The Morgan fingerprint density at radius 2 is 2.08 bits per heavy atom. The Hall–Kier alpha value is -0.680. The number of likely N-dealkylation sites (tertiary alicyclic amines) is 1. The summed E-state index contributed by atoms with van der Waals surface area (Å²) in [7, 11) is 0. The van der Waals surface area contributed by atoms with E-state index in [-0.39, 0.29) is 5.91 Å². The van der Waals surface area contributed by atoms with Crippen molar-refractivity contribution in [3.8, 4) is 0 Å². The first kappa shape index (κ1) is 8.90. The molecule has 4 nitrogen and oxygen atoms in total. The smallest absolute Gasteiger partial charge is 0.284 e. The number of hydrogen-bond donors (Lipinski definition) is 0. The van der Waals surface area contributed by atoms with E-state index in [0.29, 0.717) is 9.47 Å². The molecule has 0 unspecified atom stereocenters. The van der Waals surface area contributed by atoms with Gasteiger partial charge in [-0.2, -0.15) is 0 Å². The van der Waals surface area contributed by atoms with Crippen LogP contribution in [0.4, 0.5) is 0 Å². The minimum absolute atomic E-state index is 0.0399. The second-order valence-electron chi connectivity index (χ2n) is 2.86. The van der Waals surface area contributed by atoms with E-state index in [1.165, 1.54) is 0 Å². The van der Waals surface area contributed by atoms with E-state index in [4.69, 9.17) is 11.6 Å². The predicted molar refractivity (Wildman–Crippen MR) is 50.1 cm³/mol. The second-order valence-corrected chi connectivity index (χ2v) is 4.42. The van der Waals surface area contributed by atoms with Crippen molar-refractivity contribution in [2.24, 2.45) is 0 Å². The molecule has 1 amide bonds. The van der Waals surface area contributed by atoms with Crippen molar-refractivity contribution in [1.29, 1.82) is 0 Å². The zero-order chi connectivity index (χ0) is 9.26. The standard InChI is InChI=1S/C7H8ClN3OS/c8-7-10-9-5(13-7)6(12)11-3-1-2-4-11/h1-4H2. The zero-order valence-corrected chi connectivity index (χ0v) is 8.44. The van der Waals surface area contributed by atoms with E-state index < -0.39 is 0 Å². The molecule has 0 bridgehead atoms. The quantitative estimate of drug-likeness (QED) is 0.715. The lowest BCUT2D eigenvalue weighted by Crippen LogP contribution is -2.27. The summed E-state index contributed by atoms with van der Waals surface area (Å²) in [6.07, 6.45) is 2.16. The van der Waals surface area contributed by atoms with Crippen LogP contribution < -0.4 is 0 Å². The van der Waals surface area contributed by atoms with Crippen LogP contribution in [0.25, 0.3) is 0 Å². The Kier molecular flexibility index (Phi) is 2.46. The molecule has 0 spiro atoms. The molecule has 6 heteroatoms. The Morgan fingerprint density at radius 3 is 2.62 bits per heavy atom. The van der Waals surface area contributed by atoms with Crippen molar-refractivity contribution in [1.82, 2.24) is 15.1 Å². The molecule has 1 aromatic rings. The first-order valence-corrected chi connectivity index (χ1v) is 5.25. The van der Waals surface area contributed by atoms with Crippen LogP contribution in [0.15, 0.2) is 0 Å². The highest BCUT2D eigenvalue weighted by atomic mass is 35.5. The van der Waals surface area contributed by atoms with Gasteiger partial charge in [0.25, 0.3) is 5.91 Å². The maximum Gasteiger partial charge on any atom is 0.284 e. The summed E-state index contributed by atoms with van der Waals surface area (Å²) in [6.45, 7) is 1.66. The molecule has 1 fully saturated rings. The molecule has 1 aliphatic heterocycles. The largest absolute Gasteiger partial charge is 0.337 e. The zero-order valence-electron chi connectivity index (χ0n) is 6.86. The first-order valence-electron chi connectivity index (χ1n) is 4.05. The Morgan fingerprint density at radius 1 is 1.38 bits per heavy atom. The van der Waals surface area contributed by atoms with Crippen LogP contribution in [-0.4, -0.2) is 34.1 Å². The van der Waals surface area contributed by atoms with Crippen molar-refractivity contribution in [3.05, 3.63) is 9.47 Å². The van der Waals surface area contributed by atoms with Gasteiger partial charge in [-0.1, -0.05) is 11.3 Å². The lowest BCUT2D eigenvalue weighted by molar-refractivity contribution is 0.0791. The summed E-state index contributed by atoms with van der Waals surface area (Å²) in [5.41, 5.74) is 0.